The monoisotopic (exact) mass is 532 g/mol. The lowest BCUT2D eigenvalue weighted by Gasteiger charge is -2.12. The molecule has 1 aromatic rings. The third kappa shape index (κ3) is 17.1. The number of allylic oxidation sites excluding steroid dienone is 1. The lowest BCUT2D eigenvalue weighted by atomic mass is 10.0. The van der Waals surface area contributed by atoms with E-state index < -0.39 is 10.8 Å². The van der Waals surface area contributed by atoms with E-state index in [0.29, 0.717) is 39.6 Å². The second-order valence-corrected chi connectivity index (χ2v) is 9.57. The number of aryl methyl sites for hydroxylation is 1. The van der Waals surface area contributed by atoms with Gasteiger partial charge in [0.25, 0.3) is 0 Å². The first-order valence-electron chi connectivity index (χ1n) is 13.0. The molecule has 1 radical (unpaired) electrons. The summed E-state index contributed by atoms with van der Waals surface area (Å²) in [6.07, 6.45) is 14.4. The number of hydrogen-bond acceptors (Lipinski definition) is 7. The number of quaternary nitrogens is 1. The number of hydrogen-bond donors (Lipinski definition) is 1. The van der Waals surface area contributed by atoms with Crippen LogP contribution in [-0.4, -0.2) is 52.9 Å². The maximum Gasteiger partial charge on any atom is 0.597 e. The van der Waals surface area contributed by atoms with Crippen molar-refractivity contribution in [2.24, 2.45) is 0 Å². The zero-order valence-corrected chi connectivity index (χ0v) is 22.9. The average molecular weight is 533 g/mol. The first-order valence-corrected chi connectivity index (χ1v) is 14.3. The van der Waals surface area contributed by atoms with Gasteiger partial charge in [0, 0.05) is 9.77 Å². The Hall–Kier alpha value is -1.37. The Balaban J connectivity index is 2.11. The van der Waals surface area contributed by atoms with Crippen molar-refractivity contribution in [1.29, 1.82) is 0 Å². The normalized spacial score (nSPS) is 13.3. The van der Waals surface area contributed by atoms with Gasteiger partial charge in [-0.3, -0.25) is 0 Å². The zero-order chi connectivity index (χ0) is 26.3. The van der Waals surface area contributed by atoms with E-state index in [-0.39, 0.29) is 13.2 Å². The van der Waals surface area contributed by atoms with Crippen LogP contribution < -0.4 is 10.6 Å². The number of unbranched alkanes of at least 4 members (excludes halogenated alkanes) is 6. The lowest BCUT2D eigenvalue weighted by molar-refractivity contribution is -0.640. The van der Waals surface area contributed by atoms with Gasteiger partial charge in [0.15, 0.2) is 0 Å². The lowest BCUT2D eigenvalue weighted by Crippen LogP contribution is -2.53. The summed E-state index contributed by atoms with van der Waals surface area (Å²) in [5, 5.41) is 0. The molecule has 0 saturated heterocycles. The maximum atomic E-state index is 10.9. The molecule has 0 fully saturated rings. The molecule has 3 N–H and O–H groups in total. The summed E-state index contributed by atoms with van der Waals surface area (Å²) < 4.78 is 52.2. The van der Waals surface area contributed by atoms with Gasteiger partial charge in [0.2, 0.25) is 0 Å². The molecular formula is C26H46NO8S+2. The third-order valence-electron chi connectivity index (χ3n) is 5.32. The highest BCUT2D eigenvalue weighted by Crippen LogP contribution is 2.23. The quantitative estimate of drug-likeness (QED) is 0.120. The van der Waals surface area contributed by atoms with Gasteiger partial charge in [0.1, 0.15) is 23.5 Å². The molecule has 0 aliphatic rings. The van der Waals surface area contributed by atoms with Gasteiger partial charge in [-0.25, -0.2) is 0 Å². The van der Waals surface area contributed by atoms with Crippen molar-refractivity contribution in [3.05, 3.63) is 35.4 Å². The summed E-state index contributed by atoms with van der Waals surface area (Å²) in [5.74, 6) is 3.65. The van der Waals surface area contributed by atoms with Crippen molar-refractivity contribution in [1.82, 2.24) is 0 Å². The van der Waals surface area contributed by atoms with Crippen molar-refractivity contribution in [3.8, 4) is 5.75 Å². The van der Waals surface area contributed by atoms with Gasteiger partial charge in [-0.05, 0) is 37.5 Å². The standard InChI is InChI=1S/C26H46NO8S/c1-3-5-6-7-8-9-10-12-24-13-14-26(25(23-24)11-4-2)33-21-19-31-17-15-30-16-18-32-20-22-34-36(28,29)35-27/h4,11,13-14,23H,3,5-10,12,15-22H2,1-2,27H3/q+2/b11-4+. The molecule has 0 saturated carbocycles. The number of ether oxygens (including phenoxy) is 4. The molecule has 1 atom stereocenters. The predicted octanol–water partition coefficient (Wildman–Crippen LogP) is 4.31. The molecule has 10 heteroatoms. The summed E-state index contributed by atoms with van der Waals surface area (Å²) in [7, 11) is -4.02. The molecule has 1 aromatic carbocycles. The highest BCUT2D eigenvalue weighted by molar-refractivity contribution is 7.88. The molecule has 1 unspecified atom stereocenters. The largest absolute Gasteiger partial charge is 0.597 e. The molecule has 36 heavy (non-hydrogen) atoms. The van der Waals surface area contributed by atoms with Gasteiger partial charge < -0.3 is 18.9 Å². The molecular weight excluding hydrogens is 486 g/mol. The molecule has 0 amide bonds. The van der Waals surface area contributed by atoms with Crippen LogP contribution >= 0.6 is 0 Å². The minimum absolute atomic E-state index is 0.106. The van der Waals surface area contributed by atoms with E-state index in [1.165, 1.54) is 50.5 Å². The Labute approximate surface area is 218 Å². The molecule has 0 aliphatic heterocycles. The van der Waals surface area contributed by atoms with Crippen LogP contribution in [0.2, 0.25) is 0 Å². The van der Waals surface area contributed by atoms with Crippen LogP contribution in [0.4, 0.5) is 0 Å². The fraction of sp³-hybridized carbons (Fsp3) is 0.692. The maximum absolute atomic E-state index is 10.9. The highest BCUT2D eigenvalue weighted by Gasteiger charge is 2.35. The molecule has 0 aliphatic carbocycles. The van der Waals surface area contributed by atoms with Gasteiger partial charge in [0.05, 0.1) is 43.9 Å². The number of benzene rings is 1. The summed E-state index contributed by atoms with van der Waals surface area (Å²) >= 11 is 0. The Bertz CT molecular complexity index is 747. The van der Waals surface area contributed by atoms with E-state index in [9.17, 15) is 8.76 Å². The molecule has 0 spiro atoms. The van der Waals surface area contributed by atoms with Gasteiger partial charge >= 0.3 is 10.8 Å². The molecule has 1 rings (SSSR count). The average Bonchev–Trinajstić information content (AvgIpc) is 2.87. The number of rotatable bonds is 24. The van der Waals surface area contributed by atoms with Gasteiger partial charge in [-0.1, -0.05) is 63.7 Å². The van der Waals surface area contributed by atoms with E-state index in [2.05, 4.69) is 45.6 Å². The fourth-order valence-electron chi connectivity index (χ4n) is 3.46. The molecule has 0 heterocycles. The summed E-state index contributed by atoms with van der Waals surface area (Å²) in [5.41, 5.74) is 2.45. The van der Waals surface area contributed by atoms with E-state index in [1.54, 1.807) is 0 Å². The van der Waals surface area contributed by atoms with Gasteiger partial charge in [-0.2, -0.15) is 5.90 Å². The topological polar surface area (TPSA) is 120 Å². The van der Waals surface area contributed by atoms with Crippen molar-refractivity contribution >= 4 is 16.9 Å². The Morgan fingerprint density at radius 3 is 2.03 bits per heavy atom. The third-order valence-corrected chi connectivity index (χ3v) is 6.06. The SMILES string of the molecule is C/C=C/c1cc(CCCCCCCCC)ccc1OCCOCCOCCOCCO[S+]([O])(=O)O[NH3+]. The van der Waals surface area contributed by atoms with Crippen molar-refractivity contribution < 1.29 is 42.1 Å². The summed E-state index contributed by atoms with van der Waals surface area (Å²) in [6, 6.07) is 6.45. The summed E-state index contributed by atoms with van der Waals surface area (Å²) in [4.78, 5) is 0. The van der Waals surface area contributed by atoms with Crippen LogP contribution in [-0.2, 0) is 48.6 Å². The molecule has 0 bridgehead atoms. The Morgan fingerprint density at radius 2 is 1.42 bits per heavy atom. The highest BCUT2D eigenvalue weighted by atomic mass is 32.3. The van der Waals surface area contributed by atoms with E-state index in [4.69, 9.17) is 18.9 Å². The van der Waals surface area contributed by atoms with Crippen molar-refractivity contribution in [3.63, 3.8) is 0 Å². The molecule has 0 aromatic heterocycles. The first-order chi connectivity index (χ1) is 17.5. The fourth-order valence-corrected chi connectivity index (χ4v) is 3.80. The second kappa shape index (κ2) is 21.7. The van der Waals surface area contributed by atoms with Crippen LogP contribution in [0.1, 0.15) is 69.9 Å². The summed E-state index contributed by atoms with van der Waals surface area (Å²) in [6.45, 7) is 6.73. The Morgan fingerprint density at radius 1 is 0.833 bits per heavy atom. The van der Waals surface area contributed by atoms with Crippen LogP contribution in [0.15, 0.2) is 24.3 Å². The van der Waals surface area contributed by atoms with Crippen molar-refractivity contribution in [2.45, 2.75) is 65.2 Å². The van der Waals surface area contributed by atoms with Crippen LogP contribution in [0.3, 0.4) is 0 Å². The van der Waals surface area contributed by atoms with Gasteiger partial charge in [-0.15, -0.1) is 4.18 Å². The predicted molar refractivity (Wildman–Crippen MR) is 139 cm³/mol. The zero-order valence-electron chi connectivity index (χ0n) is 22.1. The van der Waals surface area contributed by atoms with Crippen LogP contribution in [0.5, 0.6) is 5.75 Å². The van der Waals surface area contributed by atoms with Crippen LogP contribution in [0, 0.1) is 0 Å². The second-order valence-electron chi connectivity index (χ2n) is 8.28. The van der Waals surface area contributed by atoms with E-state index >= 15 is 0 Å². The van der Waals surface area contributed by atoms with Crippen LogP contribution in [0.25, 0.3) is 6.08 Å². The minimum Gasteiger partial charge on any atom is -0.491 e. The Kier molecular flexibility index (Phi) is 19.7. The smallest absolute Gasteiger partial charge is 0.491 e. The van der Waals surface area contributed by atoms with E-state index in [0.717, 1.165) is 17.7 Å². The first kappa shape index (κ1) is 32.7. The van der Waals surface area contributed by atoms with E-state index in [1.807, 2.05) is 13.0 Å². The van der Waals surface area contributed by atoms with Crippen molar-refractivity contribution in [2.75, 3.05) is 52.9 Å². The molecule has 9 nitrogen and oxygen atoms in total. The minimum atomic E-state index is -4.02. The molecule has 207 valence electrons.